The predicted octanol–water partition coefficient (Wildman–Crippen LogP) is 1.71. The molecule has 0 unspecified atom stereocenters. The van der Waals surface area contributed by atoms with Gasteiger partial charge in [-0.25, -0.2) is 4.98 Å². The lowest BCUT2D eigenvalue weighted by Crippen LogP contribution is -2.05. The lowest BCUT2D eigenvalue weighted by molar-refractivity contribution is 0.802. The second-order valence-electron chi connectivity index (χ2n) is 2.86. The van der Waals surface area contributed by atoms with E-state index in [2.05, 4.69) is 10.3 Å². The summed E-state index contributed by atoms with van der Waals surface area (Å²) in [5.74, 6) is 0. The molecule has 0 spiro atoms. The van der Waals surface area contributed by atoms with Gasteiger partial charge in [0.05, 0.1) is 22.6 Å². The molecule has 0 aliphatic carbocycles. The molecule has 2 rings (SSSR count). The molecular formula is C9H10ClN3. The van der Waals surface area contributed by atoms with E-state index in [4.69, 9.17) is 11.6 Å². The van der Waals surface area contributed by atoms with Crippen molar-refractivity contribution in [1.29, 1.82) is 0 Å². The van der Waals surface area contributed by atoms with E-state index >= 15 is 0 Å². The van der Waals surface area contributed by atoms with Crippen molar-refractivity contribution in [2.24, 2.45) is 0 Å². The van der Waals surface area contributed by atoms with E-state index in [-0.39, 0.29) is 0 Å². The molecule has 68 valence electrons. The van der Waals surface area contributed by atoms with Crippen LogP contribution in [0, 0.1) is 0 Å². The van der Waals surface area contributed by atoms with Crippen LogP contribution in [0.5, 0.6) is 0 Å². The Bertz CT molecular complexity index is 422. The monoisotopic (exact) mass is 195 g/mol. The van der Waals surface area contributed by atoms with Gasteiger partial charge in [-0.1, -0.05) is 11.6 Å². The number of halogens is 1. The second kappa shape index (κ2) is 3.36. The Morgan fingerprint density at radius 1 is 1.54 bits per heavy atom. The summed E-state index contributed by atoms with van der Waals surface area (Å²) in [6.07, 6.45) is 3.62. The average molecular weight is 196 g/mol. The number of pyridine rings is 1. The summed E-state index contributed by atoms with van der Waals surface area (Å²) in [6.45, 7) is 0.776. The first-order valence-electron chi connectivity index (χ1n) is 4.07. The van der Waals surface area contributed by atoms with Crippen molar-refractivity contribution >= 4 is 17.1 Å². The first-order chi connectivity index (χ1) is 6.31. The van der Waals surface area contributed by atoms with Crippen molar-refractivity contribution in [2.75, 3.05) is 7.05 Å². The van der Waals surface area contributed by atoms with Crippen LogP contribution in [-0.4, -0.2) is 16.4 Å². The van der Waals surface area contributed by atoms with E-state index in [1.54, 1.807) is 6.33 Å². The van der Waals surface area contributed by atoms with Crippen LogP contribution >= 0.6 is 11.6 Å². The van der Waals surface area contributed by atoms with Gasteiger partial charge in [-0.3, -0.25) is 0 Å². The van der Waals surface area contributed by atoms with E-state index in [0.717, 1.165) is 22.8 Å². The number of imidazole rings is 1. The first kappa shape index (κ1) is 8.53. The zero-order valence-electron chi connectivity index (χ0n) is 7.29. The molecule has 0 bridgehead atoms. The molecule has 2 aromatic heterocycles. The highest BCUT2D eigenvalue weighted by Crippen LogP contribution is 2.13. The molecule has 0 amide bonds. The Morgan fingerprint density at radius 2 is 2.38 bits per heavy atom. The van der Waals surface area contributed by atoms with Gasteiger partial charge in [-0.05, 0) is 19.2 Å². The molecule has 0 fully saturated rings. The third kappa shape index (κ3) is 1.53. The van der Waals surface area contributed by atoms with Crippen molar-refractivity contribution in [3.63, 3.8) is 0 Å². The summed E-state index contributed by atoms with van der Waals surface area (Å²) in [7, 11) is 1.90. The van der Waals surface area contributed by atoms with Crippen molar-refractivity contribution in [1.82, 2.24) is 14.7 Å². The van der Waals surface area contributed by atoms with Crippen LogP contribution in [0.2, 0.25) is 5.02 Å². The maximum atomic E-state index is 5.84. The topological polar surface area (TPSA) is 29.3 Å². The third-order valence-electron chi connectivity index (χ3n) is 1.92. The Morgan fingerprint density at radius 3 is 3.15 bits per heavy atom. The summed E-state index contributed by atoms with van der Waals surface area (Å²) in [5, 5.41) is 3.79. The van der Waals surface area contributed by atoms with E-state index < -0.39 is 0 Å². The number of hydrogen-bond acceptors (Lipinski definition) is 2. The molecule has 13 heavy (non-hydrogen) atoms. The maximum Gasteiger partial charge on any atom is 0.0996 e. The Hall–Kier alpha value is -1.06. The Balaban J connectivity index is 2.55. The molecule has 0 aromatic carbocycles. The summed E-state index contributed by atoms with van der Waals surface area (Å²) < 4.78 is 1.93. The minimum Gasteiger partial charge on any atom is -0.314 e. The van der Waals surface area contributed by atoms with E-state index in [1.165, 1.54) is 0 Å². The van der Waals surface area contributed by atoms with Gasteiger partial charge in [-0.2, -0.15) is 0 Å². The van der Waals surface area contributed by atoms with E-state index in [1.807, 2.05) is 29.8 Å². The van der Waals surface area contributed by atoms with Gasteiger partial charge in [0.1, 0.15) is 0 Å². The fourth-order valence-electron chi connectivity index (χ4n) is 1.33. The minimum atomic E-state index is 0.723. The van der Waals surface area contributed by atoms with Crippen LogP contribution in [0.3, 0.4) is 0 Å². The normalized spacial score (nSPS) is 10.9. The maximum absolute atomic E-state index is 5.84. The lowest BCUT2D eigenvalue weighted by atomic mass is 10.3. The van der Waals surface area contributed by atoms with Crippen LogP contribution in [0.25, 0.3) is 5.52 Å². The number of hydrogen-bond donors (Lipinski definition) is 1. The Kier molecular flexibility index (Phi) is 2.20. The van der Waals surface area contributed by atoms with Gasteiger partial charge in [0.2, 0.25) is 0 Å². The minimum absolute atomic E-state index is 0.723. The third-order valence-corrected chi connectivity index (χ3v) is 2.14. The highest BCUT2D eigenvalue weighted by Gasteiger charge is 2.02. The summed E-state index contributed by atoms with van der Waals surface area (Å²) in [5.41, 5.74) is 2.14. The summed E-state index contributed by atoms with van der Waals surface area (Å²) >= 11 is 5.84. The smallest absolute Gasteiger partial charge is 0.0996 e. The average Bonchev–Trinajstić information content (AvgIpc) is 2.49. The van der Waals surface area contributed by atoms with Crippen molar-refractivity contribution < 1.29 is 0 Å². The molecule has 4 heteroatoms. The highest BCUT2D eigenvalue weighted by molar-refractivity contribution is 6.30. The van der Waals surface area contributed by atoms with Crippen molar-refractivity contribution in [3.05, 3.63) is 35.4 Å². The molecule has 0 aliphatic heterocycles. The molecule has 2 heterocycles. The molecular weight excluding hydrogens is 186 g/mol. The van der Waals surface area contributed by atoms with Gasteiger partial charge in [0, 0.05) is 12.7 Å². The number of nitrogens with one attached hydrogen (secondary N) is 1. The fraction of sp³-hybridized carbons (Fsp3) is 0.222. The number of rotatable bonds is 2. The quantitative estimate of drug-likeness (QED) is 0.791. The number of fused-ring (bicyclic) bond motifs is 1. The molecule has 0 saturated carbocycles. The van der Waals surface area contributed by atoms with E-state index in [0.29, 0.717) is 0 Å². The predicted molar refractivity (Wildman–Crippen MR) is 53.0 cm³/mol. The second-order valence-corrected chi connectivity index (χ2v) is 3.30. The van der Waals surface area contributed by atoms with Crippen LogP contribution in [0.1, 0.15) is 5.69 Å². The van der Waals surface area contributed by atoms with Gasteiger partial charge >= 0.3 is 0 Å². The van der Waals surface area contributed by atoms with Crippen LogP contribution in [0.4, 0.5) is 0 Å². The zero-order chi connectivity index (χ0) is 9.26. The van der Waals surface area contributed by atoms with Gasteiger partial charge in [0.25, 0.3) is 0 Å². The summed E-state index contributed by atoms with van der Waals surface area (Å²) in [4.78, 5) is 4.27. The largest absolute Gasteiger partial charge is 0.314 e. The zero-order valence-corrected chi connectivity index (χ0v) is 8.04. The molecule has 0 radical (unpaired) electrons. The standard InChI is InChI=1S/C9H10ClN3/c1-11-4-8-9-3-2-7(10)5-13(9)6-12-8/h2-3,5-6,11H,4H2,1H3. The molecule has 0 saturated heterocycles. The number of aromatic nitrogens is 2. The molecule has 0 atom stereocenters. The van der Waals surface area contributed by atoms with Gasteiger partial charge in [0.15, 0.2) is 0 Å². The lowest BCUT2D eigenvalue weighted by Gasteiger charge is -1.97. The SMILES string of the molecule is CNCc1ncn2cc(Cl)ccc12. The van der Waals surface area contributed by atoms with Gasteiger partial charge in [-0.15, -0.1) is 0 Å². The fourth-order valence-corrected chi connectivity index (χ4v) is 1.50. The van der Waals surface area contributed by atoms with Crippen LogP contribution < -0.4 is 5.32 Å². The highest BCUT2D eigenvalue weighted by atomic mass is 35.5. The van der Waals surface area contributed by atoms with E-state index in [9.17, 15) is 0 Å². The van der Waals surface area contributed by atoms with Crippen LogP contribution in [0.15, 0.2) is 24.7 Å². The van der Waals surface area contributed by atoms with Crippen LogP contribution in [-0.2, 0) is 6.54 Å². The van der Waals surface area contributed by atoms with Gasteiger partial charge < -0.3 is 9.72 Å². The summed E-state index contributed by atoms with van der Waals surface area (Å²) in [6, 6.07) is 3.85. The number of nitrogens with zero attached hydrogens (tertiary/aromatic N) is 2. The molecule has 1 N–H and O–H groups in total. The van der Waals surface area contributed by atoms with Crippen molar-refractivity contribution in [2.45, 2.75) is 6.54 Å². The van der Waals surface area contributed by atoms with Crippen molar-refractivity contribution in [3.8, 4) is 0 Å². The first-order valence-corrected chi connectivity index (χ1v) is 4.45. The molecule has 3 nitrogen and oxygen atoms in total. The molecule has 2 aromatic rings. The Labute approximate surface area is 81.4 Å². The molecule has 0 aliphatic rings.